The molecule has 0 saturated heterocycles. The highest BCUT2D eigenvalue weighted by Crippen LogP contribution is 2.24. The molecule has 1 aromatic carbocycles. The van der Waals surface area contributed by atoms with Crippen molar-refractivity contribution in [1.82, 2.24) is 4.98 Å². The molecule has 2 aromatic rings. The van der Waals surface area contributed by atoms with Crippen LogP contribution in [0, 0.1) is 0 Å². The molecule has 0 spiro atoms. The number of aliphatic carboxylic acids is 1. The molecule has 0 aliphatic rings. The number of benzene rings is 1. The summed E-state index contributed by atoms with van der Waals surface area (Å²) < 4.78 is 26.0. The summed E-state index contributed by atoms with van der Waals surface area (Å²) in [5.74, 6) is -0.892. The van der Waals surface area contributed by atoms with E-state index in [1.54, 1.807) is 18.3 Å². The molecule has 5 nitrogen and oxygen atoms in total. The van der Waals surface area contributed by atoms with Gasteiger partial charge in [-0.3, -0.25) is 4.79 Å². The fraction of sp³-hybridized carbons (Fsp3) is 0.250. The zero-order chi connectivity index (χ0) is 14.9. The highest BCUT2D eigenvalue weighted by molar-refractivity contribution is 5.85. The third-order valence-corrected chi connectivity index (χ3v) is 2.61. The molecule has 0 aliphatic heterocycles. The first-order valence-electron chi connectivity index (χ1n) is 6.54. The quantitative estimate of drug-likeness (QED) is 0.697. The number of carbonyl (C=O) groups is 1. The summed E-state index contributed by atoms with van der Waals surface area (Å²) in [6, 6.07) is 3.75. The van der Waals surface area contributed by atoms with Crippen molar-refractivity contribution in [3.05, 3.63) is 30.0 Å². The lowest BCUT2D eigenvalue weighted by Crippen LogP contribution is -2.32. The van der Waals surface area contributed by atoms with Gasteiger partial charge in [-0.2, -0.15) is 0 Å². The van der Waals surface area contributed by atoms with Crippen LogP contribution in [-0.4, -0.2) is 29.1 Å². The van der Waals surface area contributed by atoms with Gasteiger partial charge in [0.2, 0.25) is 0 Å². The Morgan fingerprint density at radius 2 is 2.53 bits per heavy atom. The molecule has 2 rings (SSSR count). The lowest BCUT2D eigenvalue weighted by atomic mass is 10.1. The Hall–Kier alpha value is -2.01. The Morgan fingerprint density at radius 1 is 1.71 bits per heavy atom. The van der Waals surface area contributed by atoms with E-state index in [1.807, 2.05) is 0 Å². The smallest absolute Gasteiger partial charge is 0.320 e. The first-order valence-corrected chi connectivity index (χ1v) is 5.04. The number of fused-ring (bicyclic) bond motifs is 1. The zero-order valence-electron chi connectivity index (χ0n) is 11.9. The van der Waals surface area contributed by atoms with Gasteiger partial charge in [-0.15, -0.1) is 0 Å². The average Bonchev–Trinajstić information content (AvgIpc) is 2.70. The molecule has 17 heavy (non-hydrogen) atoms. The van der Waals surface area contributed by atoms with Crippen molar-refractivity contribution in [2.75, 3.05) is 7.04 Å². The van der Waals surface area contributed by atoms with E-state index < -0.39 is 19.0 Å². The monoisotopic (exact) mass is 238 g/mol. The van der Waals surface area contributed by atoms with Crippen LogP contribution in [0.5, 0.6) is 5.75 Å². The number of hydrogen-bond acceptors (Lipinski definition) is 3. The van der Waals surface area contributed by atoms with Crippen LogP contribution in [0.3, 0.4) is 0 Å². The topological polar surface area (TPSA) is 88.3 Å². The van der Waals surface area contributed by atoms with Crippen molar-refractivity contribution >= 4 is 16.9 Å². The number of nitrogens with one attached hydrogen (secondary N) is 1. The molecule has 1 atom stereocenters. The van der Waals surface area contributed by atoms with Crippen LogP contribution in [-0.2, 0) is 11.2 Å². The van der Waals surface area contributed by atoms with Gasteiger partial charge >= 0.3 is 5.97 Å². The first kappa shape index (κ1) is 8.14. The van der Waals surface area contributed by atoms with E-state index in [1.165, 1.54) is 6.07 Å². The predicted molar refractivity (Wildman–Crippen MR) is 64.2 cm³/mol. The van der Waals surface area contributed by atoms with Gasteiger partial charge < -0.3 is 20.6 Å². The standard InChI is InChI=1S/C12H14N2O3/c1-17-8-2-3-11-9(5-8)7(6-14-11)4-10(13)12(15)16/h2-3,5-6,10,14H,4,13H2,1H3,(H,15,16)/t10-/m0/s1/i1+1D3. The van der Waals surface area contributed by atoms with Gasteiger partial charge in [-0.1, -0.05) is 0 Å². The fourth-order valence-corrected chi connectivity index (χ4v) is 1.71. The number of aromatic amines is 1. The summed E-state index contributed by atoms with van der Waals surface area (Å²) in [6.45, 7) is 0. The second-order valence-electron chi connectivity index (χ2n) is 3.77. The van der Waals surface area contributed by atoms with Gasteiger partial charge in [0.15, 0.2) is 0 Å². The van der Waals surface area contributed by atoms with E-state index in [4.69, 9.17) is 19.7 Å². The molecule has 4 N–H and O–H groups in total. The lowest BCUT2D eigenvalue weighted by Gasteiger charge is -2.05. The number of aromatic nitrogens is 1. The number of ether oxygens (including phenoxy) is 1. The summed E-state index contributed by atoms with van der Waals surface area (Å²) in [4.78, 5) is 13.8. The number of nitrogens with two attached hydrogens (primary N) is 1. The van der Waals surface area contributed by atoms with E-state index >= 15 is 0 Å². The number of carboxylic acid groups (broad SMARTS) is 1. The van der Waals surface area contributed by atoms with E-state index in [0.29, 0.717) is 10.9 Å². The third kappa shape index (κ3) is 2.24. The number of hydrogen-bond donors (Lipinski definition) is 3. The van der Waals surface area contributed by atoms with Crippen LogP contribution >= 0.6 is 0 Å². The minimum Gasteiger partial charge on any atom is -0.497 e. The first-order chi connectivity index (χ1) is 9.26. The van der Waals surface area contributed by atoms with Gasteiger partial charge in [0.1, 0.15) is 11.8 Å². The highest BCUT2D eigenvalue weighted by atomic mass is 16.5. The van der Waals surface area contributed by atoms with Crippen molar-refractivity contribution in [3.63, 3.8) is 0 Å². The third-order valence-electron chi connectivity index (χ3n) is 2.61. The SMILES string of the molecule is [2H][13C]([2H])([2H])Oc1ccc2[nH]cc(C[C@H](N)C(=O)O)c2c1. The largest absolute Gasteiger partial charge is 0.497 e. The molecular formula is C12H14N2O3. The molecule has 5 heteroatoms. The number of carboxylic acids is 1. The van der Waals surface area contributed by atoms with E-state index in [0.717, 1.165) is 5.52 Å². The number of methoxy groups -OCH3 is 1. The maximum Gasteiger partial charge on any atom is 0.320 e. The van der Waals surface area contributed by atoms with Crippen molar-refractivity contribution in [1.29, 1.82) is 0 Å². The maximum atomic E-state index is 10.8. The summed E-state index contributed by atoms with van der Waals surface area (Å²) in [7, 11) is -2.53. The van der Waals surface area contributed by atoms with Crippen molar-refractivity contribution in [2.45, 2.75) is 12.5 Å². The molecule has 0 radical (unpaired) electrons. The van der Waals surface area contributed by atoms with E-state index in [2.05, 4.69) is 4.98 Å². The molecule has 0 unspecified atom stereocenters. The molecule has 1 heterocycles. The molecule has 1 aromatic heterocycles. The lowest BCUT2D eigenvalue weighted by molar-refractivity contribution is -0.138. The number of H-pyrrole nitrogens is 1. The average molecular weight is 238 g/mol. The Labute approximate surface area is 102 Å². The van der Waals surface area contributed by atoms with E-state index in [-0.39, 0.29) is 12.2 Å². The van der Waals surface area contributed by atoms with Gasteiger partial charge in [0.25, 0.3) is 0 Å². The minimum atomic E-state index is -2.53. The number of rotatable bonds is 4. The Balaban J connectivity index is 2.32. The fourth-order valence-electron chi connectivity index (χ4n) is 1.71. The molecule has 0 aliphatic carbocycles. The van der Waals surface area contributed by atoms with Crippen LogP contribution in [0.15, 0.2) is 24.4 Å². The zero-order valence-corrected chi connectivity index (χ0v) is 8.93. The molecule has 90 valence electrons. The van der Waals surface area contributed by atoms with Crippen molar-refractivity contribution in [2.24, 2.45) is 5.73 Å². The van der Waals surface area contributed by atoms with Crippen LogP contribution in [0.1, 0.15) is 9.68 Å². The predicted octanol–water partition coefficient (Wildman–Crippen LogP) is 1.13. The minimum absolute atomic E-state index is 0.145. The van der Waals surface area contributed by atoms with Crippen molar-refractivity contribution in [3.8, 4) is 5.75 Å². The molecule has 0 bridgehead atoms. The normalized spacial score (nSPS) is 15.9. The maximum absolute atomic E-state index is 10.8. The van der Waals surface area contributed by atoms with Crippen LogP contribution < -0.4 is 10.5 Å². The second kappa shape index (κ2) is 4.47. The van der Waals surface area contributed by atoms with Crippen LogP contribution in [0.25, 0.3) is 10.9 Å². The van der Waals surface area contributed by atoms with Crippen molar-refractivity contribution < 1.29 is 18.8 Å². The summed E-state index contributed by atoms with van der Waals surface area (Å²) in [5.41, 5.74) is 6.96. The van der Waals surface area contributed by atoms with Gasteiger partial charge in [0.05, 0.1) is 11.2 Å². The molecule has 0 saturated carbocycles. The van der Waals surface area contributed by atoms with Crippen LogP contribution in [0.2, 0.25) is 0 Å². The Bertz CT molecular complexity index is 636. The van der Waals surface area contributed by atoms with Gasteiger partial charge in [0, 0.05) is 23.5 Å². The van der Waals surface area contributed by atoms with Crippen LogP contribution in [0.4, 0.5) is 0 Å². The highest BCUT2D eigenvalue weighted by Gasteiger charge is 2.15. The Kier molecular flexibility index (Phi) is 2.14. The van der Waals surface area contributed by atoms with Gasteiger partial charge in [-0.25, -0.2) is 0 Å². The molecular weight excluding hydrogens is 221 g/mol. The summed E-state index contributed by atoms with van der Waals surface area (Å²) in [5, 5.41) is 9.52. The Morgan fingerprint density at radius 3 is 3.24 bits per heavy atom. The molecule has 0 fully saturated rings. The molecule has 0 amide bonds. The second-order valence-corrected chi connectivity index (χ2v) is 3.77. The van der Waals surface area contributed by atoms with Gasteiger partial charge in [-0.05, 0) is 23.8 Å². The van der Waals surface area contributed by atoms with E-state index in [9.17, 15) is 4.79 Å². The summed E-state index contributed by atoms with van der Waals surface area (Å²) >= 11 is 0. The summed E-state index contributed by atoms with van der Waals surface area (Å²) in [6.07, 6.45) is 1.80.